The molecule has 0 amide bonds. The van der Waals surface area contributed by atoms with Crippen LogP contribution >= 0.6 is 0 Å². The molecule has 0 unspecified atom stereocenters. The minimum absolute atomic E-state index is 0.607. The molecule has 0 atom stereocenters. The van der Waals surface area contributed by atoms with E-state index in [1.165, 1.54) is 0 Å². The normalized spacial score (nSPS) is 10.2. The summed E-state index contributed by atoms with van der Waals surface area (Å²) in [5.41, 5.74) is 7.93. The van der Waals surface area contributed by atoms with Crippen molar-refractivity contribution in [3.63, 3.8) is 0 Å². The standard InChI is InChI=1S/C9H9N3O/c1-6-4-9(12-13-6)7-2-3-11-5-8(7)10/h2-5H,10H2,1H3. The van der Waals surface area contributed by atoms with Gasteiger partial charge in [0.1, 0.15) is 11.5 Å². The number of nitrogens with two attached hydrogens (primary N) is 1. The van der Waals surface area contributed by atoms with Crippen LogP contribution in [0.3, 0.4) is 0 Å². The van der Waals surface area contributed by atoms with Crippen LogP contribution in [0.1, 0.15) is 5.76 Å². The SMILES string of the molecule is Cc1cc(-c2ccncc2N)no1. The third kappa shape index (κ3) is 1.38. The van der Waals surface area contributed by atoms with Gasteiger partial charge in [0.15, 0.2) is 0 Å². The summed E-state index contributed by atoms with van der Waals surface area (Å²) in [5, 5.41) is 3.86. The molecule has 13 heavy (non-hydrogen) atoms. The zero-order chi connectivity index (χ0) is 9.26. The molecule has 0 spiro atoms. The predicted molar refractivity (Wildman–Crippen MR) is 48.9 cm³/mol. The molecule has 66 valence electrons. The van der Waals surface area contributed by atoms with Gasteiger partial charge in [0.2, 0.25) is 0 Å². The Morgan fingerprint density at radius 2 is 2.31 bits per heavy atom. The van der Waals surface area contributed by atoms with E-state index >= 15 is 0 Å². The molecule has 0 bridgehead atoms. The number of aryl methyl sites for hydroxylation is 1. The Kier molecular flexibility index (Phi) is 1.73. The van der Waals surface area contributed by atoms with Crippen molar-refractivity contribution in [2.24, 2.45) is 0 Å². The van der Waals surface area contributed by atoms with Crippen molar-refractivity contribution < 1.29 is 4.52 Å². The van der Waals surface area contributed by atoms with E-state index in [0.29, 0.717) is 5.69 Å². The Morgan fingerprint density at radius 3 is 2.92 bits per heavy atom. The van der Waals surface area contributed by atoms with Gasteiger partial charge in [-0.05, 0) is 13.0 Å². The molecular weight excluding hydrogens is 166 g/mol. The van der Waals surface area contributed by atoms with Crippen LogP contribution in [-0.2, 0) is 0 Å². The molecule has 0 aromatic carbocycles. The number of anilines is 1. The summed E-state index contributed by atoms with van der Waals surface area (Å²) in [6, 6.07) is 3.65. The zero-order valence-electron chi connectivity index (χ0n) is 7.19. The fraction of sp³-hybridized carbons (Fsp3) is 0.111. The van der Waals surface area contributed by atoms with Crippen molar-refractivity contribution in [1.82, 2.24) is 10.1 Å². The van der Waals surface area contributed by atoms with Gasteiger partial charge in [-0.25, -0.2) is 0 Å². The monoisotopic (exact) mass is 175 g/mol. The first-order valence-electron chi connectivity index (χ1n) is 3.90. The maximum Gasteiger partial charge on any atom is 0.134 e. The zero-order valence-corrected chi connectivity index (χ0v) is 7.19. The van der Waals surface area contributed by atoms with Crippen molar-refractivity contribution in [2.75, 3.05) is 5.73 Å². The molecule has 0 radical (unpaired) electrons. The molecule has 0 aliphatic rings. The van der Waals surface area contributed by atoms with Gasteiger partial charge >= 0.3 is 0 Å². The van der Waals surface area contributed by atoms with Crippen LogP contribution < -0.4 is 5.73 Å². The van der Waals surface area contributed by atoms with E-state index in [-0.39, 0.29) is 0 Å². The summed E-state index contributed by atoms with van der Waals surface area (Å²) in [6.45, 7) is 1.84. The molecule has 4 nitrogen and oxygen atoms in total. The Morgan fingerprint density at radius 1 is 1.46 bits per heavy atom. The quantitative estimate of drug-likeness (QED) is 0.715. The van der Waals surface area contributed by atoms with Crippen LogP contribution in [0.25, 0.3) is 11.3 Å². The van der Waals surface area contributed by atoms with E-state index in [4.69, 9.17) is 10.3 Å². The molecule has 2 aromatic heterocycles. The van der Waals surface area contributed by atoms with E-state index in [0.717, 1.165) is 17.0 Å². The van der Waals surface area contributed by atoms with Crippen molar-refractivity contribution in [3.05, 3.63) is 30.3 Å². The van der Waals surface area contributed by atoms with E-state index in [2.05, 4.69) is 10.1 Å². The van der Waals surface area contributed by atoms with Crippen LogP contribution in [0.15, 0.2) is 29.0 Å². The van der Waals surface area contributed by atoms with Crippen LogP contribution in [0.5, 0.6) is 0 Å². The first-order valence-corrected chi connectivity index (χ1v) is 3.90. The van der Waals surface area contributed by atoms with E-state index in [9.17, 15) is 0 Å². The highest BCUT2D eigenvalue weighted by atomic mass is 16.5. The average molecular weight is 175 g/mol. The number of nitrogen functional groups attached to an aromatic ring is 1. The maximum atomic E-state index is 5.72. The lowest BCUT2D eigenvalue weighted by Gasteiger charge is -1.98. The minimum Gasteiger partial charge on any atom is -0.397 e. The fourth-order valence-electron chi connectivity index (χ4n) is 1.13. The smallest absolute Gasteiger partial charge is 0.134 e. The highest BCUT2D eigenvalue weighted by Gasteiger charge is 2.06. The summed E-state index contributed by atoms with van der Waals surface area (Å²) >= 11 is 0. The van der Waals surface area contributed by atoms with Gasteiger partial charge in [-0.2, -0.15) is 0 Å². The molecule has 2 N–H and O–H groups in total. The summed E-state index contributed by atoms with van der Waals surface area (Å²) in [7, 11) is 0. The van der Waals surface area contributed by atoms with Crippen LogP contribution in [-0.4, -0.2) is 10.1 Å². The van der Waals surface area contributed by atoms with E-state index < -0.39 is 0 Å². The van der Waals surface area contributed by atoms with Gasteiger partial charge in [-0.3, -0.25) is 4.98 Å². The molecule has 2 heterocycles. The number of hydrogen-bond acceptors (Lipinski definition) is 4. The Bertz CT molecular complexity index is 422. The Labute approximate surface area is 75.4 Å². The van der Waals surface area contributed by atoms with Gasteiger partial charge in [-0.1, -0.05) is 5.16 Å². The molecule has 2 aromatic rings. The van der Waals surface area contributed by atoms with Crippen molar-refractivity contribution >= 4 is 5.69 Å². The number of pyridine rings is 1. The first-order chi connectivity index (χ1) is 6.27. The number of rotatable bonds is 1. The lowest BCUT2D eigenvalue weighted by molar-refractivity contribution is 0.399. The molecule has 0 fully saturated rings. The van der Waals surface area contributed by atoms with Crippen LogP contribution in [0.2, 0.25) is 0 Å². The highest BCUT2D eigenvalue weighted by molar-refractivity contribution is 5.72. The number of nitrogens with zero attached hydrogens (tertiary/aromatic N) is 2. The summed E-state index contributed by atoms with van der Waals surface area (Å²) in [6.07, 6.45) is 3.27. The van der Waals surface area contributed by atoms with Gasteiger partial charge in [0.05, 0.1) is 11.9 Å². The molecule has 0 saturated heterocycles. The predicted octanol–water partition coefficient (Wildman–Crippen LogP) is 1.63. The lowest BCUT2D eigenvalue weighted by Crippen LogP contribution is -1.90. The molecule has 0 saturated carbocycles. The van der Waals surface area contributed by atoms with Gasteiger partial charge < -0.3 is 10.3 Å². The summed E-state index contributed by atoms with van der Waals surface area (Å²) < 4.78 is 4.95. The average Bonchev–Trinajstić information content (AvgIpc) is 2.53. The van der Waals surface area contributed by atoms with E-state index in [1.54, 1.807) is 12.4 Å². The molecule has 4 heteroatoms. The first kappa shape index (κ1) is 7.79. The van der Waals surface area contributed by atoms with Crippen LogP contribution in [0, 0.1) is 6.92 Å². The Balaban J connectivity index is 2.52. The van der Waals surface area contributed by atoms with Gasteiger partial charge in [0, 0.05) is 17.8 Å². The summed E-state index contributed by atoms with van der Waals surface area (Å²) in [5.74, 6) is 0.770. The maximum absolute atomic E-state index is 5.72. The third-order valence-corrected chi connectivity index (χ3v) is 1.76. The molecule has 0 aliphatic heterocycles. The van der Waals surface area contributed by atoms with Crippen molar-refractivity contribution in [1.29, 1.82) is 0 Å². The third-order valence-electron chi connectivity index (χ3n) is 1.76. The van der Waals surface area contributed by atoms with Crippen molar-refractivity contribution in [3.8, 4) is 11.3 Å². The van der Waals surface area contributed by atoms with Crippen molar-refractivity contribution in [2.45, 2.75) is 6.92 Å². The lowest BCUT2D eigenvalue weighted by atomic mass is 10.1. The second-order valence-corrected chi connectivity index (χ2v) is 2.79. The summed E-state index contributed by atoms with van der Waals surface area (Å²) in [4.78, 5) is 3.89. The number of aromatic nitrogens is 2. The molecule has 2 rings (SSSR count). The molecule has 0 aliphatic carbocycles. The van der Waals surface area contributed by atoms with Crippen LogP contribution in [0.4, 0.5) is 5.69 Å². The molecular formula is C9H9N3O. The fourth-order valence-corrected chi connectivity index (χ4v) is 1.13. The Hall–Kier alpha value is -1.84. The minimum atomic E-state index is 0.607. The van der Waals surface area contributed by atoms with Gasteiger partial charge in [0.25, 0.3) is 0 Å². The topological polar surface area (TPSA) is 64.9 Å². The largest absolute Gasteiger partial charge is 0.397 e. The highest BCUT2D eigenvalue weighted by Crippen LogP contribution is 2.23. The van der Waals surface area contributed by atoms with E-state index in [1.807, 2.05) is 19.1 Å². The second kappa shape index (κ2) is 2.90. The van der Waals surface area contributed by atoms with Gasteiger partial charge in [-0.15, -0.1) is 0 Å². The number of hydrogen-bond donors (Lipinski definition) is 1. The second-order valence-electron chi connectivity index (χ2n) is 2.79.